The van der Waals surface area contributed by atoms with Gasteiger partial charge in [0.2, 0.25) is 0 Å². The summed E-state index contributed by atoms with van der Waals surface area (Å²) in [6.45, 7) is 10.7. The minimum absolute atomic E-state index is 0.151. The van der Waals surface area contributed by atoms with Gasteiger partial charge in [0.25, 0.3) is 0 Å². The van der Waals surface area contributed by atoms with Crippen LogP contribution in [0.2, 0.25) is 0 Å². The molecule has 4 heteroatoms. The lowest BCUT2D eigenvalue weighted by Gasteiger charge is -2.34. The Labute approximate surface area is 139 Å². The van der Waals surface area contributed by atoms with Crippen LogP contribution in [0.5, 0.6) is 0 Å². The Morgan fingerprint density at radius 2 is 1.83 bits per heavy atom. The highest BCUT2D eigenvalue weighted by atomic mass is 16.6. The van der Waals surface area contributed by atoms with E-state index in [0.717, 1.165) is 32.7 Å². The predicted octanol–water partition coefficient (Wildman–Crippen LogP) is 3.38. The van der Waals surface area contributed by atoms with Crippen molar-refractivity contribution >= 4 is 6.09 Å². The molecule has 2 saturated heterocycles. The van der Waals surface area contributed by atoms with E-state index >= 15 is 0 Å². The fourth-order valence-corrected chi connectivity index (χ4v) is 3.70. The Morgan fingerprint density at radius 3 is 2.52 bits per heavy atom. The van der Waals surface area contributed by atoms with Crippen LogP contribution in [0.1, 0.15) is 32.8 Å². The molecule has 23 heavy (non-hydrogen) atoms. The van der Waals surface area contributed by atoms with Crippen LogP contribution >= 0.6 is 0 Å². The lowest BCUT2D eigenvalue weighted by atomic mass is 9.88. The summed E-state index contributed by atoms with van der Waals surface area (Å²) >= 11 is 0. The number of nitrogens with zero attached hydrogens (tertiary/aromatic N) is 2. The minimum Gasteiger partial charge on any atom is -0.444 e. The number of fused-ring (bicyclic) bond motifs is 1. The Bertz CT molecular complexity index is 538. The largest absolute Gasteiger partial charge is 0.444 e. The Kier molecular flexibility index (Phi) is 4.62. The summed E-state index contributed by atoms with van der Waals surface area (Å²) in [5.74, 6) is 1.22. The van der Waals surface area contributed by atoms with Crippen molar-refractivity contribution in [2.45, 2.75) is 39.3 Å². The fourth-order valence-electron chi connectivity index (χ4n) is 3.70. The summed E-state index contributed by atoms with van der Waals surface area (Å²) in [7, 11) is 0. The van der Waals surface area contributed by atoms with E-state index in [1.165, 1.54) is 12.0 Å². The molecule has 0 radical (unpaired) electrons. The van der Waals surface area contributed by atoms with Crippen LogP contribution in [0.25, 0.3) is 0 Å². The van der Waals surface area contributed by atoms with E-state index in [2.05, 4.69) is 35.2 Å². The van der Waals surface area contributed by atoms with Gasteiger partial charge in [-0.25, -0.2) is 4.79 Å². The molecule has 0 aromatic heterocycles. The van der Waals surface area contributed by atoms with Crippen molar-refractivity contribution in [2.24, 2.45) is 11.8 Å². The Hall–Kier alpha value is -1.55. The first-order valence-corrected chi connectivity index (χ1v) is 8.65. The van der Waals surface area contributed by atoms with E-state index < -0.39 is 5.60 Å². The number of benzene rings is 1. The highest BCUT2D eigenvalue weighted by Gasteiger charge is 2.40. The van der Waals surface area contributed by atoms with Crippen LogP contribution in [0.4, 0.5) is 4.79 Å². The lowest BCUT2D eigenvalue weighted by Crippen LogP contribution is -2.39. The van der Waals surface area contributed by atoms with Gasteiger partial charge in [0, 0.05) is 26.2 Å². The van der Waals surface area contributed by atoms with Gasteiger partial charge < -0.3 is 9.64 Å². The number of carbonyl (C=O) groups excluding carboxylic acids is 1. The van der Waals surface area contributed by atoms with Gasteiger partial charge in [0.1, 0.15) is 5.60 Å². The number of piperidine rings is 1. The molecule has 0 N–H and O–H groups in total. The third-order valence-electron chi connectivity index (χ3n) is 4.79. The van der Waals surface area contributed by atoms with Crippen molar-refractivity contribution in [2.75, 3.05) is 26.2 Å². The SMILES string of the molecule is CC(C)(C)OC(=O)N1C[C@H]2CCN(Cc3ccccc3)C[C@H]2C1. The summed E-state index contributed by atoms with van der Waals surface area (Å²) in [5.41, 5.74) is 0.956. The van der Waals surface area contributed by atoms with Crippen molar-refractivity contribution in [3.05, 3.63) is 35.9 Å². The predicted molar refractivity (Wildman–Crippen MR) is 91.1 cm³/mol. The van der Waals surface area contributed by atoms with Gasteiger partial charge >= 0.3 is 6.09 Å². The average molecular weight is 316 g/mol. The van der Waals surface area contributed by atoms with Crippen LogP contribution in [-0.4, -0.2) is 47.7 Å². The molecule has 0 spiro atoms. The summed E-state index contributed by atoms with van der Waals surface area (Å²) in [6, 6.07) is 10.6. The van der Waals surface area contributed by atoms with Gasteiger partial charge in [0.05, 0.1) is 0 Å². The molecule has 1 aromatic rings. The molecule has 0 unspecified atom stereocenters. The number of hydrogen-bond donors (Lipinski definition) is 0. The molecule has 2 aliphatic heterocycles. The molecule has 3 rings (SSSR count). The Balaban J connectivity index is 1.54. The van der Waals surface area contributed by atoms with E-state index in [0.29, 0.717) is 11.8 Å². The van der Waals surface area contributed by atoms with Crippen molar-refractivity contribution in [3.63, 3.8) is 0 Å². The highest BCUT2D eigenvalue weighted by molar-refractivity contribution is 5.68. The second-order valence-electron chi connectivity index (χ2n) is 7.91. The van der Waals surface area contributed by atoms with E-state index in [1.54, 1.807) is 0 Å². The molecule has 0 bridgehead atoms. The summed E-state index contributed by atoms with van der Waals surface area (Å²) in [5, 5.41) is 0. The first kappa shape index (κ1) is 16.3. The lowest BCUT2D eigenvalue weighted by molar-refractivity contribution is 0.0284. The van der Waals surface area contributed by atoms with Crippen LogP contribution in [0.15, 0.2) is 30.3 Å². The molecule has 2 atom stereocenters. The molecular formula is C19H28N2O2. The normalized spacial score (nSPS) is 25.3. The van der Waals surface area contributed by atoms with Crippen LogP contribution in [-0.2, 0) is 11.3 Å². The zero-order chi connectivity index (χ0) is 16.4. The second kappa shape index (κ2) is 6.52. The van der Waals surface area contributed by atoms with E-state index in [4.69, 9.17) is 4.74 Å². The van der Waals surface area contributed by atoms with Gasteiger partial charge in [-0.1, -0.05) is 30.3 Å². The maximum Gasteiger partial charge on any atom is 0.410 e. The maximum atomic E-state index is 12.3. The molecule has 0 saturated carbocycles. The zero-order valence-corrected chi connectivity index (χ0v) is 14.5. The summed E-state index contributed by atoms with van der Waals surface area (Å²) in [4.78, 5) is 16.7. The first-order chi connectivity index (χ1) is 10.9. The second-order valence-corrected chi connectivity index (χ2v) is 7.91. The topological polar surface area (TPSA) is 32.8 Å². The van der Waals surface area contributed by atoms with Gasteiger partial charge in [0.15, 0.2) is 0 Å². The maximum absolute atomic E-state index is 12.3. The van der Waals surface area contributed by atoms with Gasteiger partial charge in [-0.3, -0.25) is 4.90 Å². The molecular weight excluding hydrogens is 288 g/mol. The summed E-state index contributed by atoms with van der Waals surface area (Å²) < 4.78 is 5.52. The van der Waals surface area contributed by atoms with Crippen molar-refractivity contribution in [1.82, 2.24) is 9.80 Å². The van der Waals surface area contributed by atoms with E-state index in [1.807, 2.05) is 25.7 Å². The molecule has 0 aliphatic carbocycles. The quantitative estimate of drug-likeness (QED) is 0.838. The molecule has 1 aromatic carbocycles. The third-order valence-corrected chi connectivity index (χ3v) is 4.79. The molecule has 2 aliphatic rings. The molecule has 2 fully saturated rings. The third kappa shape index (κ3) is 4.25. The van der Waals surface area contributed by atoms with Crippen LogP contribution < -0.4 is 0 Å². The standard InChI is InChI=1S/C19H28N2O2/c1-19(2,3)23-18(22)21-13-16-9-10-20(12-17(16)14-21)11-15-7-5-4-6-8-15/h4-8,16-17H,9-14H2,1-3H3/t16-,17+/m1/s1. The number of amides is 1. The highest BCUT2D eigenvalue weighted by Crippen LogP contribution is 2.32. The minimum atomic E-state index is -0.413. The van der Waals surface area contributed by atoms with Crippen molar-refractivity contribution in [3.8, 4) is 0 Å². The first-order valence-electron chi connectivity index (χ1n) is 8.65. The molecule has 2 heterocycles. The molecule has 1 amide bonds. The number of rotatable bonds is 2. The van der Waals surface area contributed by atoms with Gasteiger partial charge in [-0.2, -0.15) is 0 Å². The molecule has 126 valence electrons. The van der Waals surface area contributed by atoms with Crippen molar-refractivity contribution < 1.29 is 9.53 Å². The Morgan fingerprint density at radius 1 is 1.13 bits per heavy atom. The molecule has 4 nitrogen and oxygen atoms in total. The average Bonchev–Trinajstić information content (AvgIpc) is 2.90. The van der Waals surface area contributed by atoms with Crippen LogP contribution in [0.3, 0.4) is 0 Å². The van der Waals surface area contributed by atoms with E-state index in [-0.39, 0.29) is 6.09 Å². The number of carbonyl (C=O) groups is 1. The monoisotopic (exact) mass is 316 g/mol. The van der Waals surface area contributed by atoms with Gasteiger partial charge in [-0.15, -0.1) is 0 Å². The number of likely N-dealkylation sites (tertiary alicyclic amines) is 2. The fraction of sp³-hybridized carbons (Fsp3) is 0.632. The van der Waals surface area contributed by atoms with Crippen LogP contribution in [0, 0.1) is 11.8 Å². The zero-order valence-electron chi connectivity index (χ0n) is 14.5. The van der Waals surface area contributed by atoms with Gasteiger partial charge in [-0.05, 0) is 51.1 Å². The van der Waals surface area contributed by atoms with E-state index in [9.17, 15) is 4.79 Å². The summed E-state index contributed by atoms with van der Waals surface area (Å²) in [6.07, 6.45) is 1.03. The smallest absolute Gasteiger partial charge is 0.410 e. The van der Waals surface area contributed by atoms with Crippen molar-refractivity contribution in [1.29, 1.82) is 0 Å². The number of hydrogen-bond acceptors (Lipinski definition) is 3. The number of ether oxygens (including phenoxy) is 1.